The predicted molar refractivity (Wildman–Crippen MR) is 73.1 cm³/mol. The fraction of sp³-hybridized carbons (Fsp3) is 0.500. The van der Waals surface area contributed by atoms with E-state index in [9.17, 15) is 13.5 Å². The summed E-state index contributed by atoms with van der Waals surface area (Å²) in [4.78, 5) is -0.255. The number of nitrogen functional groups attached to an aromatic ring is 1. The lowest BCUT2D eigenvalue weighted by Gasteiger charge is -2.34. The van der Waals surface area contributed by atoms with E-state index in [1.165, 1.54) is 12.1 Å². The summed E-state index contributed by atoms with van der Waals surface area (Å²) in [6, 6.07) is 2.76. The Bertz CT molecular complexity index is 582. The fourth-order valence-corrected chi connectivity index (χ4v) is 4.89. The average Bonchev–Trinajstić information content (AvgIpc) is 2.28. The first-order valence-corrected chi connectivity index (χ1v) is 7.80. The van der Waals surface area contributed by atoms with Crippen molar-refractivity contribution >= 4 is 27.1 Å². The molecule has 1 fully saturated rings. The molecule has 0 saturated heterocycles. The maximum atomic E-state index is 12.4. The maximum absolute atomic E-state index is 12.4. The smallest absolute Gasteiger partial charge is 0.186 e. The molecule has 1 saturated carbocycles. The average molecular weight is 306 g/mol. The van der Waals surface area contributed by atoms with Crippen molar-refractivity contribution in [2.45, 2.75) is 23.0 Å². The van der Waals surface area contributed by atoms with Crippen molar-refractivity contribution in [3.63, 3.8) is 0 Å². The van der Waals surface area contributed by atoms with Crippen molar-refractivity contribution in [3.8, 4) is 5.75 Å². The predicted octanol–water partition coefficient (Wildman–Crippen LogP) is 1.83. The number of hydrogen-bond acceptors (Lipinski definition) is 5. The summed E-state index contributed by atoms with van der Waals surface area (Å²) in [6.45, 7) is 0.544. The lowest BCUT2D eigenvalue weighted by atomic mass is 9.85. The van der Waals surface area contributed by atoms with Gasteiger partial charge < -0.3 is 15.6 Å². The number of phenols is 1. The molecule has 1 aliphatic rings. The number of ether oxygens (including phenoxy) is 1. The molecule has 0 aromatic heterocycles. The Hall–Kier alpha value is -0.980. The van der Waals surface area contributed by atoms with Gasteiger partial charge in [0.15, 0.2) is 15.6 Å². The highest BCUT2D eigenvalue weighted by Gasteiger charge is 2.41. The van der Waals surface area contributed by atoms with E-state index in [4.69, 9.17) is 22.1 Å². The third-order valence-corrected chi connectivity index (χ3v) is 6.10. The van der Waals surface area contributed by atoms with Crippen molar-refractivity contribution < 1.29 is 18.3 Å². The summed E-state index contributed by atoms with van der Waals surface area (Å²) >= 11 is 5.89. The second-order valence-electron chi connectivity index (χ2n) is 4.77. The van der Waals surface area contributed by atoms with Crippen LogP contribution in [0.2, 0.25) is 5.02 Å². The zero-order valence-corrected chi connectivity index (χ0v) is 12.0. The molecule has 2 rings (SSSR count). The number of benzene rings is 1. The number of nitrogens with two attached hydrogens (primary N) is 1. The standard InChI is InChI=1S/C12H16ClNO4S/c1-18-6-7-4-8(5-7)19(16,17)12-9(13)2-3-10(14)11(12)15/h2-3,7-8,15H,4-6,14H2,1H3/t7-,8-. The molecule has 19 heavy (non-hydrogen) atoms. The Morgan fingerprint density at radius 1 is 1.47 bits per heavy atom. The minimum Gasteiger partial charge on any atom is -0.504 e. The number of phenolic OH excluding ortho intramolecular Hbond substituents is 1. The van der Waals surface area contributed by atoms with Gasteiger partial charge in [0.05, 0.1) is 16.0 Å². The Balaban J connectivity index is 2.30. The SMILES string of the molecule is COC[C@H]1C[C@H](S(=O)(=O)c2c(Cl)ccc(N)c2O)C1. The van der Waals surface area contributed by atoms with Crippen LogP contribution in [-0.2, 0) is 14.6 Å². The summed E-state index contributed by atoms with van der Waals surface area (Å²) in [7, 11) is -2.07. The fourth-order valence-electron chi connectivity index (χ4n) is 2.30. The van der Waals surface area contributed by atoms with Gasteiger partial charge in [0.25, 0.3) is 0 Å². The van der Waals surface area contributed by atoms with Gasteiger partial charge in [0, 0.05) is 13.7 Å². The molecule has 1 aliphatic carbocycles. The van der Waals surface area contributed by atoms with E-state index >= 15 is 0 Å². The molecule has 0 radical (unpaired) electrons. The molecule has 0 spiro atoms. The van der Waals surface area contributed by atoms with E-state index in [1.54, 1.807) is 7.11 Å². The minimum absolute atomic E-state index is 0.00175. The van der Waals surface area contributed by atoms with Crippen molar-refractivity contribution in [1.29, 1.82) is 0 Å². The molecule has 7 heteroatoms. The zero-order valence-electron chi connectivity index (χ0n) is 10.5. The molecule has 0 aliphatic heterocycles. The minimum atomic E-state index is -3.65. The first-order chi connectivity index (χ1) is 8.87. The molecule has 5 nitrogen and oxygen atoms in total. The van der Waals surface area contributed by atoms with Crippen LogP contribution in [-0.4, -0.2) is 32.5 Å². The molecule has 0 unspecified atom stereocenters. The van der Waals surface area contributed by atoms with Gasteiger partial charge in [-0.2, -0.15) is 0 Å². The normalized spacial score (nSPS) is 23.1. The molecule has 0 bridgehead atoms. The number of rotatable bonds is 4. The maximum Gasteiger partial charge on any atom is 0.186 e. The monoisotopic (exact) mass is 305 g/mol. The van der Waals surface area contributed by atoms with Gasteiger partial charge >= 0.3 is 0 Å². The summed E-state index contributed by atoms with van der Waals surface area (Å²) in [6.07, 6.45) is 1.03. The first kappa shape index (κ1) is 14.4. The number of hydrogen-bond donors (Lipinski definition) is 2. The van der Waals surface area contributed by atoms with Gasteiger partial charge in [-0.05, 0) is 30.9 Å². The second-order valence-corrected chi connectivity index (χ2v) is 7.35. The van der Waals surface area contributed by atoms with Crippen LogP contribution in [0.4, 0.5) is 5.69 Å². The molecular weight excluding hydrogens is 290 g/mol. The Morgan fingerprint density at radius 3 is 2.68 bits per heavy atom. The lowest BCUT2D eigenvalue weighted by Crippen LogP contribution is -2.38. The number of sulfone groups is 1. The van der Waals surface area contributed by atoms with Crippen molar-refractivity contribution in [2.24, 2.45) is 5.92 Å². The number of anilines is 1. The van der Waals surface area contributed by atoms with Crippen LogP contribution in [0, 0.1) is 5.92 Å². The van der Waals surface area contributed by atoms with Crippen molar-refractivity contribution in [1.82, 2.24) is 0 Å². The van der Waals surface area contributed by atoms with Crippen LogP contribution in [0.15, 0.2) is 17.0 Å². The summed E-state index contributed by atoms with van der Waals surface area (Å²) in [5, 5.41) is 9.31. The van der Waals surface area contributed by atoms with Crippen LogP contribution >= 0.6 is 11.6 Å². The van der Waals surface area contributed by atoms with Gasteiger partial charge in [-0.1, -0.05) is 11.6 Å². The Kier molecular flexibility index (Phi) is 3.94. The van der Waals surface area contributed by atoms with Crippen LogP contribution in [0.25, 0.3) is 0 Å². The third-order valence-electron chi connectivity index (χ3n) is 3.43. The summed E-state index contributed by atoms with van der Waals surface area (Å²) in [5.74, 6) is -0.213. The number of aromatic hydroxyl groups is 1. The number of methoxy groups -OCH3 is 1. The third kappa shape index (κ3) is 2.52. The molecule has 0 heterocycles. The molecule has 106 valence electrons. The second kappa shape index (κ2) is 5.19. The largest absolute Gasteiger partial charge is 0.504 e. The van der Waals surface area contributed by atoms with Crippen molar-refractivity contribution in [3.05, 3.63) is 17.2 Å². The van der Waals surface area contributed by atoms with Crippen molar-refractivity contribution in [2.75, 3.05) is 19.5 Å². The Morgan fingerprint density at radius 2 is 2.11 bits per heavy atom. The molecule has 0 amide bonds. The summed E-state index contributed by atoms with van der Waals surface area (Å²) in [5.41, 5.74) is 5.54. The molecule has 3 N–H and O–H groups in total. The van der Waals surface area contributed by atoms with E-state index in [-0.39, 0.29) is 21.5 Å². The van der Waals surface area contributed by atoms with Crippen LogP contribution in [0.3, 0.4) is 0 Å². The van der Waals surface area contributed by atoms with Crippen LogP contribution in [0.5, 0.6) is 5.75 Å². The van der Waals surface area contributed by atoms with E-state index in [0.29, 0.717) is 19.4 Å². The van der Waals surface area contributed by atoms with E-state index in [1.807, 2.05) is 0 Å². The van der Waals surface area contributed by atoms with Crippen LogP contribution < -0.4 is 5.73 Å². The van der Waals surface area contributed by atoms with Gasteiger partial charge in [-0.25, -0.2) is 8.42 Å². The van der Waals surface area contributed by atoms with E-state index in [2.05, 4.69) is 0 Å². The topological polar surface area (TPSA) is 89.6 Å². The van der Waals surface area contributed by atoms with E-state index in [0.717, 1.165) is 0 Å². The van der Waals surface area contributed by atoms with Gasteiger partial charge in [0.1, 0.15) is 4.90 Å². The Labute approximate surface area is 117 Å². The number of halogens is 1. The first-order valence-electron chi connectivity index (χ1n) is 5.87. The summed E-state index contributed by atoms with van der Waals surface area (Å²) < 4.78 is 29.8. The van der Waals surface area contributed by atoms with E-state index < -0.39 is 20.8 Å². The lowest BCUT2D eigenvalue weighted by molar-refractivity contribution is 0.113. The molecule has 0 atom stereocenters. The van der Waals surface area contributed by atoms with Gasteiger partial charge in [0.2, 0.25) is 0 Å². The molecule has 1 aromatic carbocycles. The molecular formula is C12H16ClNO4S. The highest BCUT2D eigenvalue weighted by atomic mass is 35.5. The van der Waals surface area contributed by atoms with Gasteiger partial charge in [-0.15, -0.1) is 0 Å². The quantitative estimate of drug-likeness (QED) is 0.654. The van der Waals surface area contributed by atoms with Gasteiger partial charge in [-0.3, -0.25) is 0 Å². The molecule has 1 aromatic rings. The highest BCUT2D eigenvalue weighted by Crippen LogP contribution is 2.43. The highest BCUT2D eigenvalue weighted by molar-refractivity contribution is 7.92. The van der Waals surface area contributed by atoms with Crippen LogP contribution in [0.1, 0.15) is 12.8 Å². The zero-order chi connectivity index (χ0) is 14.2.